The van der Waals surface area contributed by atoms with Gasteiger partial charge in [-0.1, -0.05) is 0 Å². The number of methoxy groups -OCH3 is 1. The van der Waals surface area contributed by atoms with Crippen LogP contribution in [0, 0.1) is 6.92 Å². The van der Waals surface area contributed by atoms with E-state index in [0.717, 1.165) is 0 Å². The van der Waals surface area contributed by atoms with Gasteiger partial charge in [0.1, 0.15) is 11.5 Å². The van der Waals surface area contributed by atoms with Crippen LogP contribution in [0.5, 0.6) is 11.5 Å². The van der Waals surface area contributed by atoms with E-state index in [1.165, 1.54) is 13.2 Å². The fourth-order valence-corrected chi connectivity index (χ4v) is 1.95. The number of nitrogens with one attached hydrogen (secondary N) is 2. The number of nitrogens with two attached hydrogens (primary N) is 1. The van der Waals surface area contributed by atoms with Crippen LogP contribution in [0.15, 0.2) is 22.6 Å². The Labute approximate surface area is 137 Å². The summed E-state index contributed by atoms with van der Waals surface area (Å²) < 4.78 is 10.5. The molecule has 0 aliphatic heterocycles. The number of phenolic OH excluding ortho intramolecular Hbond substituents is 1. The van der Waals surface area contributed by atoms with Crippen molar-refractivity contribution in [1.29, 1.82) is 0 Å². The monoisotopic (exact) mass is 334 g/mol. The lowest BCUT2D eigenvalue weighted by Crippen LogP contribution is -2.39. The van der Waals surface area contributed by atoms with Gasteiger partial charge in [0.25, 0.3) is 0 Å². The number of carbonyl (C=O) groups is 2. The number of aromatic hydroxyl groups is 1. The Morgan fingerprint density at radius 2 is 2.12 bits per heavy atom. The largest absolute Gasteiger partial charge is 0.504 e. The van der Waals surface area contributed by atoms with Gasteiger partial charge in [0.2, 0.25) is 11.8 Å². The molecule has 9 nitrogen and oxygen atoms in total. The van der Waals surface area contributed by atoms with Crippen LogP contribution in [-0.4, -0.2) is 35.7 Å². The first kappa shape index (κ1) is 17.1. The van der Waals surface area contributed by atoms with Crippen molar-refractivity contribution in [1.82, 2.24) is 15.6 Å². The third-order valence-electron chi connectivity index (χ3n) is 3.19. The normalized spacial score (nSPS) is 10.2. The van der Waals surface area contributed by atoms with E-state index in [2.05, 4.69) is 15.6 Å². The number of primary amides is 1. The summed E-state index contributed by atoms with van der Waals surface area (Å²) in [5, 5.41) is 14.6. The molecule has 0 aliphatic rings. The molecular formula is C15H18N4O5. The fraction of sp³-hybridized carbons (Fsp3) is 0.267. The molecule has 1 aromatic heterocycles. The Balaban J connectivity index is 2.06. The number of nitrogens with zero attached hydrogens (tertiary/aromatic N) is 1. The van der Waals surface area contributed by atoms with Gasteiger partial charge in [-0.3, -0.25) is 4.79 Å². The van der Waals surface area contributed by atoms with E-state index in [-0.39, 0.29) is 18.8 Å². The van der Waals surface area contributed by atoms with Gasteiger partial charge in [0.15, 0.2) is 11.5 Å². The van der Waals surface area contributed by atoms with Gasteiger partial charge in [0.05, 0.1) is 20.2 Å². The molecule has 0 aliphatic carbocycles. The lowest BCUT2D eigenvalue weighted by atomic mass is 10.2. The molecule has 128 valence electrons. The second-order valence-electron chi connectivity index (χ2n) is 4.90. The van der Waals surface area contributed by atoms with E-state index in [9.17, 15) is 14.7 Å². The third kappa shape index (κ3) is 4.15. The summed E-state index contributed by atoms with van der Waals surface area (Å²) >= 11 is 0. The lowest BCUT2D eigenvalue weighted by molar-refractivity contribution is -0.120. The quantitative estimate of drug-likeness (QED) is 0.611. The number of rotatable bonds is 6. The summed E-state index contributed by atoms with van der Waals surface area (Å²) in [6.45, 7) is 1.63. The number of aromatic nitrogens is 1. The lowest BCUT2D eigenvalue weighted by Gasteiger charge is -2.04. The number of hydrogen-bond acceptors (Lipinski definition) is 6. The molecule has 0 bridgehead atoms. The van der Waals surface area contributed by atoms with E-state index >= 15 is 0 Å². The summed E-state index contributed by atoms with van der Waals surface area (Å²) in [6.07, 6.45) is 0. The summed E-state index contributed by atoms with van der Waals surface area (Å²) in [5.74, 6) is 0.753. The van der Waals surface area contributed by atoms with Crippen LogP contribution < -0.4 is 21.1 Å². The number of ether oxygens (including phenoxy) is 1. The maximum atomic E-state index is 11.5. The molecular weight excluding hydrogens is 316 g/mol. The number of aryl methyl sites for hydroxylation is 1. The smallest absolute Gasteiger partial charge is 0.312 e. The predicted octanol–water partition coefficient (Wildman–Crippen LogP) is 0.649. The number of carbonyl (C=O) groups excluding carboxylic acids is 2. The maximum absolute atomic E-state index is 11.5. The molecule has 0 atom stereocenters. The first-order valence-electron chi connectivity index (χ1n) is 7.04. The molecule has 0 unspecified atom stereocenters. The summed E-state index contributed by atoms with van der Waals surface area (Å²) in [7, 11) is 1.46. The number of hydrogen-bond donors (Lipinski definition) is 4. The van der Waals surface area contributed by atoms with Gasteiger partial charge >= 0.3 is 6.03 Å². The van der Waals surface area contributed by atoms with Crippen molar-refractivity contribution in [3.63, 3.8) is 0 Å². The number of amides is 3. The van der Waals surface area contributed by atoms with Gasteiger partial charge in [0, 0.05) is 5.56 Å². The number of phenols is 1. The molecule has 0 spiro atoms. The summed E-state index contributed by atoms with van der Waals surface area (Å²) in [6, 6.07) is 4.00. The van der Waals surface area contributed by atoms with Crippen LogP contribution in [0.4, 0.5) is 4.79 Å². The Morgan fingerprint density at radius 3 is 2.75 bits per heavy atom. The van der Waals surface area contributed by atoms with Crippen molar-refractivity contribution in [2.75, 3.05) is 13.7 Å². The number of urea groups is 1. The Bertz CT molecular complexity index is 756. The van der Waals surface area contributed by atoms with E-state index < -0.39 is 11.9 Å². The molecule has 2 aromatic rings. The average Bonchev–Trinajstić information content (AvgIpc) is 2.91. The minimum absolute atomic E-state index is 0.0294. The van der Waals surface area contributed by atoms with Crippen molar-refractivity contribution in [3.8, 4) is 23.0 Å². The number of benzene rings is 1. The van der Waals surface area contributed by atoms with Gasteiger partial charge in [-0.25, -0.2) is 9.78 Å². The fourth-order valence-electron chi connectivity index (χ4n) is 1.95. The van der Waals surface area contributed by atoms with Gasteiger partial charge in [-0.15, -0.1) is 0 Å². The van der Waals surface area contributed by atoms with Crippen molar-refractivity contribution < 1.29 is 23.8 Å². The van der Waals surface area contributed by atoms with Gasteiger partial charge in [-0.2, -0.15) is 0 Å². The van der Waals surface area contributed by atoms with Crippen LogP contribution in [0.25, 0.3) is 11.5 Å². The van der Waals surface area contributed by atoms with Crippen molar-refractivity contribution in [2.45, 2.75) is 13.5 Å². The zero-order valence-corrected chi connectivity index (χ0v) is 13.3. The predicted molar refractivity (Wildman–Crippen MR) is 84.3 cm³/mol. The van der Waals surface area contributed by atoms with Crippen LogP contribution in [0.3, 0.4) is 0 Å². The highest BCUT2D eigenvalue weighted by atomic mass is 16.5. The minimum Gasteiger partial charge on any atom is -0.504 e. The minimum atomic E-state index is -0.774. The Hall–Kier alpha value is -3.23. The highest BCUT2D eigenvalue weighted by Crippen LogP contribution is 2.31. The van der Waals surface area contributed by atoms with Gasteiger partial charge in [-0.05, 0) is 25.1 Å². The van der Waals surface area contributed by atoms with E-state index in [4.69, 9.17) is 14.9 Å². The molecule has 0 saturated carbocycles. The molecule has 0 radical (unpaired) electrons. The molecule has 5 N–H and O–H groups in total. The molecule has 1 heterocycles. The van der Waals surface area contributed by atoms with Crippen LogP contribution in [0.1, 0.15) is 11.5 Å². The van der Waals surface area contributed by atoms with Crippen molar-refractivity contribution >= 4 is 11.9 Å². The SMILES string of the molecule is COc1ccc(-c2nc(CNC(=O)CNC(N)=O)c(C)o2)cc1O. The second-order valence-corrected chi connectivity index (χ2v) is 4.90. The Kier molecular flexibility index (Phi) is 5.25. The van der Waals surface area contributed by atoms with Crippen molar-refractivity contribution in [3.05, 3.63) is 29.7 Å². The molecule has 0 fully saturated rings. The van der Waals surface area contributed by atoms with Crippen molar-refractivity contribution in [2.24, 2.45) is 5.73 Å². The van der Waals surface area contributed by atoms with E-state index in [0.29, 0.717) is 28.7 Å². The van der Waals surface area contributed by atoms with E-state index in [1.54, 1.807) is 19.1 Å². The number of oxazole rings is 1. The summed E-state index contributed by atoms with van der Waals surface area (Å²) in [5.41, 5.74) is 5.99. The highest BCUT2D eigenvalue weighted by Gasteiger charge is 2.14. The van der Waals surface area contributed by atoms with Gasteiger partial charge < -0.3 is 30.6 Å². The molecule has 1 aromatic carbocycles. The highest BCUT2D eigenvalue weighted by molar-refractivity contribution is 5.83. The maximum Gasteiger partial charge on any atom is 0.312 e. The third-order valence-corrected chi connectivity index (χ3v) is 3.19. The topological polar surface area (TPSA) is 140 Å². The zero-order chi connectivity index (χ0) is 17.7. The molecule has 2 rings (SSSR count). The molecule has 0 saturated heterocycles. The van der Waals surface area contributed by atoms with Crippen LogP contribution >= 0.6 is 0 Å². The van der Waals surface area contributed by atoms with Crippen LogP contribution in [-0.2, 0) is 11.3 Å². The van der Waals surface area contributed by atoms with E-state index in [1.807, 2.05) is 0 Å². The first-order chi connectivity index (χ1) is 11.4. The van der Waals surface area contributed by atoms with Crippen LogP contribution in [0.2, 0.25) is 0 Å². The first-order valence-corrected chi connectivity index (χ1v) is 7.04. The molecule has 24 heavy (non-hydrogen) atoms. The second kappa shape index (κ2) is 7.36. The zero-order valence-electron chi connectivity index (χ0n) is 13.3. The molecule has 3 amide bonds. The molecule has 9 heteroatoms. The Morgan fingerprint density at radius 1 is 1.38 bits per heavy atom. The average molecular weight is 334 g/mol. The standard InChI is InChI=1S/C15H18N4O5/c1-8-10(6-17-13(21)7-18-15(16)22)19-14(24-8)9-3-4-12(23-2)11(20)5-9/h3-5,20H,6-7H2,1-2H3,(H,17,21)(H3,16,18,22). The summed E-state index contributed by atoms with van der Waals surface area (Å²) in [4.78, 5) is 26.4.